The van der Waals surface area contributed by atoms with Crippen molar-refractivity contribution < 1.29 is 4.42 Å². The summed E-state index contributed by atoms with van der Waals surface area (Å²) < 4.78 is 5.39. The lowest BCUT2D eigenvalue weighted by Gasteiger charge is -2.14. The lowest BCUT2D eigenvalue weighted by atomic mass is 10.2. The van der Waals surface area contributed by atoms with Gasteiger partial charge >= 0.3 is 0 Å². The van der Waals surface area contributed by atoms with E-state index < -0.39 is 0 Å². The molecule has 0 saturated carbocycles. The lowest BCUT2D eigenvalue weighted by Crippen LogP contribution is -2.13. The number of rotatable bonds is 4. The van der Waals surface area contributed by atoms with Crippen molar-refractivity contribution in [2.24, 2.45) is 5.84 Å². The zero-order chi connectivity index (χ0) is 13.9. The number of hydrogen-bond acceptors (Lipinski definition) is 6. The maximum atomic E-state index is 5.41. The van der Waals surface area contributed by atoms with Crippen LogP contribution >= 0.6 is 0 Å². The smallest absolute Gasteiger partial charge is 0.239 e. The number of nitrogens with zero attached hydrogens (tertiary/aromatic N) is 2. The Morgan fingerprint density at radius 2 is 2.00 bits per heavy atom. The van der Waals surface area contributed by atoms with Crippen molar-refractivity contribution in [1.82, 2.24) is 9.97 Å². The first-order valence-electron chi connectivity index (χ1n) is 6.31. The molecule has 6 nitrogen and oxygen atoms in total. The normalized spacial score (nSPS) is 12.3. The first-order valence-corrected chi connectivity index (χ1v) is 6.31. The quantitative estimate of drug-likeness (QED) is 0.498. The standard InChI is InChI=1S/C14H15N5O/c1-9(12-7-4-8-20-12)16-13-10-5-2-3-6-11(10)17-14(18-13)19-15/h2-9H,15H2,1H3,(H2,16,17,18,19). The van der Waals surface area contributed by atoms with Crippen LogP contribution in [0.25, 0.3) is 10.9 Å². The van der Waals surface area contributed by atoms with Crippen LogP contribution in [0, 0.1) is 0 Å². The van der Waals surface area contributed by atoms with E-state index in [2.05, 4.69) is 20.7 Å². The van der Waals surface area contributed by atoms with Crippen molar-refractivity contribution in [3.63, 3.8) is 0 Å². The van der Waals surface area contributed by atoms with Gasteiger partial charge in [-0.3, -0.25) is 5.43 Å². The average Bonchev–Trinajstić information content (AvgIpc) is 3.01. The Balaban J connectivity index is 2.01. The van der Waals surface area contributed by atoms with Gasteiger partial charge in [0.05, 0.1) is 17.8 Å². The van der Waals surface area contributed by atoms with Gasteiger partial charge in [-0.15, -0.1) is 0 Å². The van der Waals surface area contributed by atoms with Gasteiger partial charge < -0.3 is 9.73 Å². The second-order valence-electron chi connectivity index (χ2n) is 4.44. The zero-order valence-corrected chi connectivity index (χ0v) is 11.0. The van der Waals surface area contributed by atoms with Crippen LogP contribution < -0.4 is 16.6 Å². The topological polar surface area (TPSA) is 89.0 Å². The van der Waals surface area contributed by atoms with E-state index >= 15 is 0 Å². The first kappa shape index (κ1) is 12.4. The minimum Gasteiger partial charge on any atom is -0.467 e. The maximum absolute atomic E-state index is 5.41. The molecule has 2 aromatic heterocycles. The predicted octanol–water partition coefficient (Wildman–Crippen LogP) is 2.68. The number of nitrogens with one attached hydrogen (secondary N) is 2. The summed E-state index contributed by atoms with van der Waals surface area (Å²) in [6, 6.07) is 11.5. The molecule has 0 radical (unpaired) electrons. The Morgan fingerprint density at radius 3 is 2.75 bits per heavy atom. The second kappa shape index (κ2) is 5.18. The molecule has 0 spiro atoms. The summed E-state index contributed by atoms with van der Waals surface area (Å²) in [7, 11) is 0. The molecule has 0 aliphatic carbocycles. The number of fused-ring (bicyclic) bond motifs is 1. The molecular formula is C14H15N5O. The van der Waals surface area contributed by atoms with Gasteiger partial charge in [0.2, 0.25) is 5.95 Å². The number of hydrazine groups is 1. The van der Waals surface area contributed by atoms with Crippen molar-refractivity contribution in [3.8, 4) is 0 Å². The molecule has 1 aromatic carbocycles. The number of hydrogen-bond donors (Lipinski definition) is 3. The number of nitrogen functional groups attached to an aromatic ring is 1. The summed E-state index contributed by atoms with van der Waals surface area (Å²) in [5.74, 6) is 7.34. The first-order chi connectivity index (χ1) is 9.78. The number of anilines is 2. The Hall–Kier alpha value is -2.60. The molecule has 1 unspecified atom stereocenters. The molecule has 0 aliphatic heterocycles. The number of para-hydroxylation sites is 1. The molecule has 2 heterocycles. The molecule has 6 heteroatoms. The second-order valence-corrected chi connectivity index (χ2v) is 4.44. The van der Waals surface area contributed by atoms with E-state index in [4.69, 9.17) is 10.3 Å². The zero-order valence-electron chi connectivity index (χ0n) is 11.0. The highest BCUT2D eigenvalue weighted by molar-refractivity contribution is 5.90. The molecule has 0 fully saturated rings. The van der Waals surface area contributed by atoms with Crippen LogP contribution in [-0.4, -0.2) is 9.97 Å². The largest absolute Gasteiger partial charge is 0.467 e. The number of furan rings is 1. The van der Waals surface area contributed by atoms with E-state index in [-0.39, 0.29) is 6.04 Å². The van der Waals surface area contributed by atoms with E-state index in [1.165, 1.54) is 0 Å². The number of nitrogens with two attached hydrogens (primary N) is 1. The van der Waals surface area contributed by atoms with Crippen molar-refractivity contribution in [2.75, 3.05) is 10.7 Å². The summed E-state index contributed by atoms with van der Waals surface area (Å²) in [4.78, 5) is 8.68. The molecule has 0 bridgehead atoms. The molecule has 3 rings (SSSR count). The SMILES string of the molecule is CC(Nc1nc(NN)nc2ccccc12)c1ccco1. The average molecular weight is 269 g/mol. The van der Waals surface area contributed by atoms with Crippen LogP contribution in [0.2, 0.25) is 0 Å². The van der Waals surface area contributed by atoms with Crippen LogP contribution in [0.1, 0.15) is 18.7 Å². The van der Waals surface area contributed by atoms with Gasteiger partial charge in [0.15, 0.2) is 0 Å². The van der Waals surface area contributed by atoms with Gasteiger partial charge in [-0.1, -0.05) is 12.1 Å². The van der Waals surface area contributed by atoms with Crippen LogP contribution in [0.15, 0.2) is 47.1 Å². The number of aromatic nitrogens is 2. The van der Waals surface area contributed by atoms with Crippen LogP contribution in [-0.2, 0) is 0 Å². The highest BCUT2D eigenvalue weighted by atomic mass is 16.3. The molecule has 4 N–H and O–H groups in total. The van der Waals surface area contributed by atoms with Gasteiger partial charge in [-0.25, -0.2) is 10.8 Å². The fourth-order valence-corrected chi connectivity index (χ4v) is 2.07. The van der Waals surface area contributed by atoms with Crippen molar-refractivity contribution >= 4 is 22.7 Å². The van der Waals surface area contributed by atoms with Crippen molar-refractivity contribution in [2.45, 2.75) is 13.0 Å². The van der Waals surface area contributed by atoms with Crippen LogP contribution in [0.3, 0.4) is 0 Å². The van der Waals surface area contributed by atoms with Gasteiger partial charge in [-0.05, 0) is 31.2 Å². The van der Waals surface area contributed by atoms with Gasteiger partial charge in [-0.2, -0.15) is 4.98 Å². The van der Waals surface area contributed by atoms with Crippen molar-refractivity contribution in [3.05, 3.63) is 48.4 Å². The summed E-state index contributed by atoms with van der Waals surface area (Å²) in [6.07, 6.45) is 1.65. The molecule has 102 valence electrons. The molecule has 0 aliphatic rings. The Labute approximate surface area is 116 Å². The molecule has 20 heavy (non-hydrogen) atoms. The third-order valence-corrected chi connectivity index (χ3v) is 3.06. The minimum absolute atomic E-state index is 0.00562. The Bertz CT molecular complexity index is 711. The molecule has 1 atom stereocenters. The van der Waals surface area contributed by atoms with Crippen molar-refractivity contribution in [1.29, 1.82) is 0 Å². The van der Waals surface area contributed by atoms with E-state index in [0.29, 0.717) is 11.8 Å². The highest BCUT2D eigenvalue weighted by Crippen LogP contribution is 2.25. The van der Waals surface area contributed by atoms with Gasteiger partial charge in [0.1, 0.15) is 11.6 Å². The van der Waals surface area contributed by atoms with E-state index in [0.717, 1.165) is 16.7 Å². The van der Waals surface area contributed by atoms with Gasteiger partial charge in [0.25, 0.3) is 0 Å². The van der Waals surface area contributed by atoms with Crippen LogP contribution in [0.4, 0.5) is 11.8 Å². The highest BCUT2D eigenvalue weighted by Gasteiger charge is 2.12. The summed E-state index contributed by atoms with van der Waals surface area (Å²) in [6.45, 7) is 2.01. The molecular weight excluding hydrogens is 254 g/mol. The van der Waals surface area contributed by atoms with E-state index in [1.54, 1.807) is 6.26 Å². The van der Waals surface area contributed by atoms with Gasteiger partial charge in [0, 0.05) is 5.39 Å². The minimum atomic E-state index is -0.00562. The van der Waals surface area contributed by atoms with E-state index in [1.807, 2.05) is 43.3 Å². The van der Waals surface area contributed by atoms with E-state index in [9.17, 15) is 0 Å². The third kappa shape index (κ3) is 2.28. The molecule has 0 saturated heterocycles. The number of benzene rings is 1. The fraction of sp³-hybridized carbons (Fsp3) is 0.143. The maximum Gasteiger partial charge on any atom is 0.239 e. The summed E-state index contributed by atoms with van der Waals surface area (Å²) in [5, 5.41) is 4.26. The molecule has 3 aromatic rings. The monoisotopic (exact) mass is 269 g/mol. The Morgan fingerprint density at radius 1 is 1.15 bits per heavy atom. The summed E-state index contributed by atoms with van der Waals surface area (Å²) in [5.41, 5.74) is 3.31. The fourth-order valence-electron chi connectivity index (χ4n) is 2.07. The third-order valence-electron chi connectivity index (χ3n) is 3.06. The van der Waals surface area contributed by atoms with Crippen LogP contribution in [0.5, 0.6) is 0 Å². The predicted molar refractivity (Wildman–Crippen MR) is 78.1 cm³/mol. The Kier molecular flexibility index (Phi) is 3.22. The summed E-state index contributed by atoms with van der Waals surface area (Å²) >= 11 is 0. The molecule has 0 amide bonds. The lowest BCUT2D eigenvalue weighted by molar-refractivity contribution is 0.490.